The second-order valence-corrected chi connectivity index (χ2v) is 4.44. The Hall–Kier alpha value is -3.30. The minimum absolute atomic E-state index is 0.00916. The Morgan fingerprint density at radius 3 is 2.33 bits per heavy atom. The van der Waals surface area contributed by atoms with E-state index < -0.39 is 34.1 Å². The van der Waals surface area contributed by atoms with Crippen LogP contribution < -0.4 is 15.4 Å². The zero-order valence-electron chi connectivity index (χ0n) is 12.1. The van der Waals surface area contributed by atoms with Crippen molar-refractivity contribution in [3.63, 3.8) is 0 Å². The van der Waals surface area contributed by atoms with Gasteiger partial charge in [0.2, 0.25) is 0 Å². The first-order valence-corrected chi connectivity index (χ1v) is 6.37. The van der Waals surface area contributed by atoms with Gasteiger partial charge in [-0.1, -0.05) is 0 Å². The molecule has 0 aliphatic carbocycles. The van der Waals surface area contributed by atoms with Crippen LogP contribution in [0.2, 0.25) is 0 Å². The molecule has 0 saturated heterocycles. The molecule has 0 aliphatic heterocycles. The van der Waals surface area contributed by atoms with E-state index in [2.05, 4.69) is 5.32 Å². The van der Waals surface area contributed by atoms with Gasteiger partial charge in [-0.25, -0.2) is 18.0 Å². The minimum Gasteiger partial charge on any atom is -0.494 e. The number of nitrogens with one attached hydrogen (secondary N) is 2. The van der Waals surface area contributed by atoms with Crippen LogP contribution in [-0.2, 0) is 0 Å². The van der Waals surface area contributed by atoms with Gasteiger partial charge in [0.05, 0.1) is 29.5 Å². The number of non-ortho nitro benzene ring substituents is 1. The molecule has 126 valence electrons. The third-order valence-electron chi connectivity index (χ3n) is 2.93. The maximum atomic E-state index is 13.5. The highest BCUT2D eigenvalue weighted by molar-refractivity contribution is 6.00. The molecule has 7 nitrogen and oxygen atoms in total. The van der Waals surface area contributed by atoms with Gasteiger partial charge in [0.15, 0.2) is 17.5 Å². The third-order valence-corrected chi connectivity index (χ3v) is 2.93. The molecule has 10 heteroatoms. The summed E-state index contributed by atoms with van der Waals surface area (Å²) in [7, 11) is 1.23. The van der Waals surface area contributed by atoms with Gasteiger partial charge in [-0.05, 0) is 18.2 Å². The number of carbonyl (C=O) groups excluding carboxylic acids is 1. The number of hydrogen-bond acceptors (Lipinski definition) is 4. The van der Waals surface area contributed by atoms with E-state index in [-0.39, 0.29) is 17.1 Å². The quantitative estimate of drug-likeness (QED) is 0.504. The van der Waals surface area contributed by atoms with Crippen LogP contribution in [0.15, 0.2) is 30.3 Å². The van der Waals surface area contributed by atoms with E-state index in [4.69, 9.17) is 4.74 Å². The Balaban J connectivity index is 2.18. The first-order valence-electron chi connectivity index (χ1n) is 6.37. The molecule has 0 fully saturated rings. The maximum absolute atomic E-state index is 13.5. The zero-order valence-corrected chi connectivity index (χ0v) is 12.1. The normalized spacial score (nSPS) is 10.2. The molecule has 0 radical (unpaired) electrons. The monoisotopic (exact) mass is 341 g/mol. The van der Waals surface area contributed by atoms with Gasteiger partial charge in [-0.15, -0.1) is 0 Å². The molecule has 2 aromatic carbocycles. The highest BCUT2D eigenvalue weighted by Gasteiger charge is 2.17. The summed E-state index contributed by atoms with van der Waals surface area (Å²) in [5, 5.41) is 14.9. The van der Waals surface area contributed by atoms with Crippen LogP contribution in [-0.4, -0.2) is 18.1 Å². The van der Waals surface area contributed by atoms with E-state index in [1.165, 1.54) is 13.2 Å². The number of nitro benzene ring substituents is 1. The zero-order chi connectivity index (χ0) is 17.9. The molecule has 0 unspecified atom stereocenters. The van der Waals surface area contributed by atoms with Crippen molar-refractivity contribution in [2.24, 2.45) is 0 Å². The van der Waals surface area contributed by atoms with Gasteiger partial charge in [0, 0.05) is 6.07 Å². The molecule has 24 heavy (non-hydrogen) atoms. The van der Waals surface area contributed by atoms with E-state index >= 15 is 0 Å². The Kier molecular flexibility index (Phi) is 4.87. The fourth-order valence-electron chi connectivity index (χ4n) is 1.80. The van der Waals surface area contributed by atoms with Crippen molar-refractivity contribution in [3.05, 3.63) is 57.9 Å². The molecular weight excluding hydrogens is 331 g/mol. The number of ether oxygens (including phenoxy) is 1. The molecule has 0 aliphatic rings. The molecule has 2 N–H and O–H groups in total. The number of rotatable bonds is 4. The van der Waals surface area contributed by atoms with Crippen molar-refractivity contribution in [2.45, 2.75) is 0 Å². The molecule has 0 aromatic heterocycles. The molecule has 0 saturated carbocycles. The lowest BCUT2D eigenvalue weighted by Crippen LogP contribution is -2.21. The number of nitrogens with zero attached hydrogens (tertiary/aromatic N) is 1. The van der Waals surface area contributed by atoms with Crippen molar-refractivity contribution in [1.82, 2.24) is 0 Å². The maximum Gasteiger partial charge on any atom is 0.323 e. The fourth-order valence-corrected chi connectivity index (χ4v) is 1.80. The lowest BCUT2D eigenvalue weighted by molar-refractivity contribution is -0.384. The average molecular weight is 341 g/mol. The van der Waals surface area contributed by atoms with Crippen LogP contribution in [0.1, 0.15) is 0 Å². The second kappa shape index (κ2) is 6.86. The van der Waals surface area contributed by atoms with Crippen molar-refractivity contribution >= 4 is 23.1 Å². The Bertz CT molecular complexity index is 814. The molecular formula is C14H10F3N3O4. The SMILES string of the molecule is COc1cc([N+](=O)[O-])ccc1NC(=O)Nc1ccc(F)c(F)c1F. The number of hydrogen-bond donors (Lipinski definition) is 2. The summed E-state index contributed by atoms with van der Waals surface area (Å²) in [6.07, 6.45) is 0. The van der Waals surface area contributed by atoms with Gasteiger partial charge < -0.3 is 15.4 Å². The second-order valence-electron chi connectivity index (χ2n) is 4.44. The van der Waals surface area contributed by atoms with Gasteiger partial charge >= 0.3 is 6.03 Å². The summed E-state index contributed by atoms with van der Waals surface area (Å²) >= 11 is 0. The van der Waals surface area contributed by atoms with Crippen LogP contribution in [0, 0.1) is 27.6 Å². The predicted molar refractivity (Wildman–Crippen MR) is 78.6 cm³/mol. The van der Waals surface area contributed by atoms with Crippen molar-refractivity contribution in [3.8, 4) is 5.75 Å². The Morgan fingerprint density at radius 2 is 1.71 bits per heavy atom. The summed E-state index contributed by atoms with van der Waals surface area (Å²) < 4.78 is 44.3. The molecule has 2 rings (SSSR count). The van der Waals surface area contributed by atoms with Crippen LogP contribution >= 0.6 is 0 Å². The number of methoxy groups -OCH3 is 1. The molecule has 2 aromatic rings. The van der Waals surface area contributed by atoms with Crippen LogP contribution in [0.25, 0.3) is 0 Å². The van der Waals surface area contributed by atoms with Crippen LogP contribution in [0.4, 0.5) is 35.0 Å². The molecule has 0 heterocycles. The van der Waals surface area contributed by atoms with E-state index in [9.17, 15) is 28.1 Å². The summed E-state index contributed by atoms with van der Waals surface area (Å²) in [5.41, 5.74) is -0.777. The number of urea groups is 1. The van der Waals surface area contributed by atoms with Crippen LogP contribution in [0.3, 0.4) is 0 Å². The van der Waals surface area contributed by atoms with Gasteiger partial charge in [-0.2, -0.15) is 0 Å². The Labute approximate surface area is 133 Å². The standard InChI is InChI=1S/C14H10F3N3O4/c1-24-11-6-7(20(22)23)2-4-9(11)18-14(21)19-10-5-3-8(15)12(16)13(10)17/h2-6H,1H3,(H2,18,19,21). The van der Waals surface area contributed by atoms with Crippen molar-refractivity contribution < 1.29 is 27.6 Å². The van der Waals surface area contributed by atoms with Gasteiger partial charge in [0.25, 0.3) is 5.69 Å². The van der Waals surface area contributed by atoms with Crippen LogP contribution in [0.5, 0.6) is 5.75 Å². The lowest BCUT2D eigenvalue weighted by Gasteiger charge is -2.11. The number of amides is 2. The number of benzene rings is 2. The smallest absolute Gasteiger partial charge is 0.323 e. The summed E-state index contributed by atoms with van der Waals surface area (Å²) in [6.45, 7) is 0. The number of anilines is 2. The topological polar surface area (TPSA) is 93.5 Å². The molecule has 0 bridgehead atoms. The van der Waals surface area contributed by atoms with Gasteiger partial charge in [0.1, 0.15) is 5.75 Å². The Morgan fingerprint density at radius 1 is 1.08 bits per heavy atom. The molecule has 0 spiro atoms. The third kappa shape index (κ3) is 3.54. The fraction of sp³-hybridized carbons (Fsp3) is 0.0714. The van der Waals surface area contributed by atoms with E-state index in [0.29, 0.717) is 6.07 Å². The summed E-state index contributed by atoms with van der Waals surface area (Å²) in [6, 6.07) is 3.93. The van der Waals surface area contributed by atoms with E-state index in [1.54, 1.807) is 0 Å². The molecule has 0 atom stereocenters. The first-order chi connectivity index (χ1) is 11.3. The number of carbonyl (C=O) groups is 1. The largest absolute Gasteiger partial charge is 0.494 e. The summed E-state index contributed by atoms with van der Waals surface area (Å²) in [4.78, 5) is 21.9. The van der Waals surface area contributed by atoms with Gasteiger partial charge in [-0.3, -0.25) is 10.1 Å². The number of halogens is 3. The number of nitro groups is 1. The highest BCUT2D eigenvalue weighted by Crippen LogP contribution is 2.29. The van der Waals surface area contributed by atoms with Crippen molar-refractivity contribution in [1.29, 1.82) is 0 Å². The van der Waals surface area contributed by atoms with E-state index in [0.717, 1.165) is 18.2 Å². The van der Waals surface area contributed by atoms with E-state index in [1.807, 2.05) is 5.32 Å². The molecule has 2 amide bonds. The van der Waals surface area contributed by atoms with Crippen molar-refractivity contribution in [2.75, 3.05) is 17.7 Å². The average Bonchev–Trinajstić information content (AvgIpc) is 2.55. The summed E-state index contributed by atoms with van der Waals surface area (Å²) in [5.74, 6) is -4.68. The highest BCUT2D eigenvalue weighted by atomic mass is 19.2. The first kappa shape index (κ1) is 17.1. The predicted octanol–water partition coefficient (Wildman–Crippen LogP) is 3.66. The minimum atomic E-state index is -1.72. The lowest BCUT2D eigenvalue weighted by atomic mass is 10.2.